The lowest BCUT2D eigenvalue weighted by Gasteiger charge is -2.09. The summed E-state index contributed by atoms with van der Waals surface area (Å²) in [6.45, 7) is 4.30. The van der Waals surface area contributed by atoms with Crippen molar-refractivity contribution in [3.8, 4) is 0 Å². The average molecular weight is 299 g/mol. The first kappa shape index (κ1) is 16.3. The molecule has 0 atom stereocenters. The van der Waals surface area contributed by atoms with Crippen molar-refractivity contribution in [2.75, 3.05) is 7.11 Å². The standard InChI is InChI=1S/C19H25NO2/c1-4-6-8-11-15-16-12-9-10-14-18(16)20(19(21)22-3)17(15)13-7-5-2/h6,8-10,12,14H,4-5,7,11,13H2,1-3H3/b8-6+. The molecule has 0 fully saturated rings. The zero-order valence-corrected chi connectivity index (χ0v) is 13.8. The molecule has 0 unspecified atom stereocenters. The highest BCUT2D eigenvalue weighted by molar-refractivity contribution is 5.93. The number of fused-ring (bicyclic) bond motifs is 1. The number of hydrogen-bond acceptors (Lipinski definition) is 2. The van der Waals surface area contributed by atoms with Crippen molar-refractivity contribution in [1.29, 1.82) is 0 Å². The van der Waals surface area contributed by atoms with Crippen LogP contribution in [0.2, 0.25) is 0 Å². The van der Waals surface area contributed by atoms with Crippen LogP contribution in [0.25, 0.3) is 10.9 Å². The second kappa shape index (κ2) is 7.83. The lowest BCUT2D eigenvalue weighted by Crippen LogP contribution is -2.15. The predicted octanol–water partition coefficient (Wildman–Crippen LogP) is 5.11. The molecule has 2 rings (SSSR count). The summed E-state index contributed by atoms with van der Waals surface area (Å²) in [6, 6.07) is 8.09. The highest BCUT2D eigenvalue weighted by atomic mass is 16.5. The molecule has 0 aliphatic heterocycles. The number of carbonyl (C=O) groups excluding carboxylic acids is 1. The summed E-state index contributed by atoms with van der Waals surface area (Å²) >= 11 is 0. The minimum Gasteiger partial charge on any atom is -0.452 e. The van der Waals surface area contributed by atoms with Crippen molar-refractivity contribution in [1.82, 2.24) is 4.57 Å². The van der Waals surface area contributed by atoms with Gasteiger partial charge in [-0.3, -0.25) is 0 Å². The number of ether oxygens (including phenoxy) is 1. The number of hydrogen-bond donors (Lipinski definition) is 0. The van der Waals surface area contributed by atoms with Gasteiger partial charge >= 0.3 is 6.09 Å². The Morgan fingerprint density at radius 3 is 2.68 bits per heavy atom. The molecule has 0 aliphatic rings. The number of allylic oxidation sites excluding steroid dienone is 2. The summed E-state index contributed by atoms with van der Waals surface area (Å²) in [7, 11) is 1.44. The van der Waals surface area contributed by atoms with Crippen molar-refractivity contribution in [2.24, 2.45) is 0 Å². The molecule has 0 bridgehead atoms. The Labute approximate surface area is 132 Å². The maximum Gasteiger partial charge on any atom is 0.418 e. The maximum atomic E-state index is 12.3. The van der Waals surface area contributed by atoms with Crippen LogP contribution in [0.5, 0.6) is 0 Å². The lowest BCUT2D eigenvalue weighted by atomic mass is 10.0. The first-order valence-corrected chi connectivity index (χ1v) is 8.09. The number of benzene rings is 1. The van der Waals surface area contributed by atoms with Crippen molar-refractivity contribution in [3.63, 3.8) is 0 Å². The number of unbranched alkanes of at least 4 members (excludes halogenated alkanes) is 1. The molecule has 2 aromatic rings. The van der Waals surface area contributed by atoms with Crippen LogP contribution in [0.3, 0.4) is 0 Å². The first-order chi connectivity index (χ1) is 10.7. The summed E-state index contributed by atoms with van der Waals surface area (Å²) < 4.78 is 6.76. The van der Waals surface area contributed by atoms with Gasteiger partial charge in [-0.2, -0.15) is 0 Å². The van der Waals surface area contributed by atoms with E-state index in [0.717, 1.165) is 48.7 Å². The van der Waals surface area contributed by atoms with Gasteiger partial charge < -0.3 is 4.74 Å². The van der Waals surface area contributed by atoms with E-state index in [1.807, 2.05) is 18.2 Å². The van der Waals surface area contributed by atoms with E-state index in [4.69, 9.17) is 4.74 Å². The van der Waals surface area contributed by atoms with Crippen molar-refractivity contribution < 1.29 is 9.53 Å². The fourth-order valence-corrected chi connectivity index (χ4v) is 2.86. The molecule has 0 N–H and O–H groups in total. The van der Waals surface area contributed by atoms with Gasteiger partial charge in [-0.1, -0.05) is 50.6 Å². The van der Waals surface area contributed by atoms with E-state index in [2.05, 4.69) is 32.1 Å². The van der Waals surface area contributed by atoms with Crippen LogP contribution in [0.1, 0.15) is 44.4 Å². The highest BCUT2D eigenvalue weighted by Crippen LogP contribution is 2.28. The van der Waals surface area contributed by atoms with Gasteiger partial charge in [-0.25, -0.2) is 9.36 Å². The normalized spacial score (nSPS) is 11.4. The Hall–Kier alpha value is -2.03. The van der Waals surface area contributed by atoms with Crippen molar-refractivity contribution >= 4 is 17.0 Å². The van der Waals surface area contributed by atoms with Gasteiger partial charge in [0.05, 0.1) is 12.6 Å². The van der Waals surface area contributed by atoms with E-state index in [1.54, 1.807) is 4.57 Å². The molecule has 0 spiro atoms. The van der Waals surface area contributed by atoms with Gasteiger partial charge in [-0.05, 0) is 37.3 Å². The van der Waals surface area contributed by atoms with E-state index in [1.165, 1.54) is 12.7 Å². The molecule has 1 heterocycles. The van der Waals surface area contributed by atoms with Crippen molar-refractivity contribution in [2.45, 2.75) is 46.0 Å². The summed E-state index contributed by atoms with van der Waals surface area (Å²) in [5.74, 6) is 0. The highest BCUT2D eigenvalue weighted by Gasteiger charge is 2.20. The minimum atomic E-state index is -0.298. The smallest absolute Gasteiger partial charge is 0.418 e. The van der Waals surface area contributed by atoms with Gasteiger partial charge in [-0.15, -0.1) is 0 Å². The number of aromatic nitrogens is 1. The van der Waals surface area contributed by atoms with Gasteiger partial charge in [0, 0.05) is 11.1 Å². The van der Waals surface area contributed by atoms with E-state index in [9.17, 15) is 4.79 Å². The largest absolute Gasteiger partial charge is 0.452 e. The second-order valence-electron chi connectivity index (χ2n) is 5.44. The van der Waals surface area contributed by atoms with Crippen LogP contribution >= 0.6 is 0 Å². The number of rotatable bonds is 6. The maximum absolute atomic E-state index is 12.3. The molecule has 0 saturated carbocycles. The van der Waals surface area contributed by atoms with E-state index < -0.39 is 0 Å². The number of methoxy groups -OCH3 is 1. The second-order valence-corrected chi connectivity index (χ2v) is 5.44. The van der Waals surface area contributed by atoms with Gasteiger partial charge in [0.15, 0.2) is 0 Å². The SMILES string of the molecule is CC/C=C/Cc1c(CCCC)n(C(=O)OC)c2ccccc12. The molecule has 3 heteroatoms. The topological polar surface area (TPSA) is 31.2 Å². The van der Waals surface area contributed by atoms with Crippen LogP contribution in [-0.2, 0) is 17.6 Å². The Kier molecular flexibility index (Phi) is 5.82. The quantitative estimate of drug-likeness (QED) is 0.694. The Bertz CT molecular complexity index is 667. The van der Waals surface area contributed by atoms with Gasteiger partial charge in [0.25, 0.3) is 0 Å². The van der Waals surface area contributed by atoms with E-state index in [0.29, 0.717) is 0 Å². The van der Waals surface area contributed by atoms with Crippen molar-refractivity contribution in [3.05, 3.63) is 47.7 Å². The monoisotopic (exact) mass is 299 g/mol. The molecule has 1 aromatic heterocycles. The zero-order valence-electron chi connectivity index (χ0n) is 13.8. The Balaban J connectivity index is 2.62. The third-order valence-electron chi connectivity index (χ3n) is 3.94. The Morgan fingerprint density at radius 2 is 2.00 bits per heavy atom. The molecule has 22 heavy (non-hydrogen) atoms. The average Bonchev–Trinajstić information content (AvgIpc) is 2.86. The molecule has 0 aliphatic carbocycles. The molecule has 0 radical (unpaired) electrons. The number of nitrogens with zero attached hydrogens (tertiary/aromatic N) is 1. The summed E-state index contributed by atoms with van der Waals surface area (Å²) in [6.07, 6.45) is 9.03. The molecule has 0 saturated heterocycles. The van der Waals surface area contributed by atoms with Crippen LogP contribution in [-0.4, -0.2) is 17.8 Å². The van der Waals surface area contributed by atoms with E-state index in [-0.39, 0.29) is 6.09 Å². The third kappa shape index (κ3) is 3.24. The van der Waals surface area contributed by atoms with Crippen LogP contribution in [0.4, 0.5) is 4.79 Å². The lowest BCUT2D eigenvalue weighted by molar-refractivity contribution is 0.173. The number of carbonyl (C=O) groups is 1. The minimum absolute atomic E-state index is 0.298. The summed E-state index contributed by atoms with van der Waals surface area (Å²) in [5.41, 5.74) is 3.29. The number of para-hydroxylation sites is 1. The van der Waals surface area contributed by atoms with Crippen LogP contribution in [0.15, 0.2) is 36.4 Å². The molecule has 118 valence electrons. The summed E-state index contributed by atoms with van der Waals surface area (Å²) in [4.78, 5) is 12.3. The van der Waals surface area contributed by atoms with Gasteiger partial charge in [0.1, 0.15) is 0 Å². The molecular formula is C19H25NO2. The van der Waals surface area contributed by atoms with E-state index >= 15 is 0 Å². The molecule has 0 amide bonds. The first-order valence-electron chi connectivity index (χ1n) is 8.09. The summed E-state index contributed by atoms with van der Waals surface area (Å²) in [5, 5.41) is 1.15. The van der Waals surface area contributed by atoms with Gasteiger partial charge in [0.2, 0.25) is 0 Å². The fourth-order valence-electron chi connectivity index (χ4n) is 2.86. The Morgan fingerprint density at radius 1 is 1.23 bits per heavy atom. The third-order valence-corrected chi connectivity index (χ3v) is 3.94. The molecule has 1 aromatic carbocycles. The van der Waals surface area contributed by atoms with Crippen LogP contribution in [0, 0.1) is 0 Å². The predicted molar refractivity (Wildman–Crippen MR) is 91.5 cm³/mol. The zero-order chi connectivity index (χ0) is 15.9. The van der Waals surface area contributed by atoms with Crippen LogP contribution < -0.4 is 0 Å². The molecular weight excluding hydrogens is 274 g/mol. The molecule has 3 nitrogen and oxygen atoms in total. The fraction of sp³-hybridized carbons (Fsp3) is 0.421.